The number of fused-ring (bicyclic) bond motifs is 2. The molecule has 0 radical (unpaired) electrons. The Morgan fingerprint density at radius 3 is 2.68 bits per heavy atom. The van der Waals surface area contributed by atoms with E-state index in [0.717, 1.165) is 13.1 Å². The number of rotatable bonds is 3. The lowest BCUT2D eigenvalue weighted by molar-refractivity contribution is 0.680. The van der Waals surface area contributed by atoms with E-state index in [1.807, 2.05) is 0 Å². The van der Waals surface area contributed by atoms with Gasteiger partial charge in [-0.15, -0.1) is 11.6 Å². The summed E-state index contributed by atoms with van der Waals surface area (Å²) in [4.78, 5) is 2.46. The van der Waals surface area contributed by atoms with Gasteiger partial charge in [-0.05, 0) is 60.4 Å². The van der Waals surface area contributed by atoms with Crippen LogP contribution in [0.4, 0.5) is 5.69 Å². The molecule has 22 heavy (non-hydrogen) atoms. The van der Waals surface area contributed by atoms with E-state index in [1.54, 1.807) is 0 Å². The van der Waals surface area contributed by atoms with Crippen LogP contribution < -0.4 is 4.90 Å². The van der Waals surface area contributed by atoms with Gasteiger partial charge >= 0.3 is 0 Å². The predicted octanol–water partition coefficient (Wildman–Crippen LogP) is 4.91. The third-order valence-corrected chi connectivity index (χ3v) is 5.46. The third kappa shape index (κ3) is 2.63. The molecule has 0 saturated carbocycles. The SMILES string of the molecule is ClC(CN1CCCc2ccccc21)c1ccc2c(c1)CCC2. The third-order valence-electron chi connectivity index (χ3n) is 5.07. The van der Waals surface area contributed by atoms with Crippen LogP contribution in [0.3, 0.4) is 0 Å². The topological polar surface area (TPSA) is 3.24 Å². The molecule has 4 rings (SSSR count). The van der Waals surface area contributed by atoms with Gasteiger partial charge in [0.25, 0.3) is 0 Å². The van der Waals surface area contributed by atoms with E-state index < -0.39 is 0 Å². The fourth-order valence-corrected chi connectivity index (χ4v) is 4.19. The van der Waals surface area contributed by atoms with Crippen LogP contribution in [0.15, 0.2) is 42.5 Å². The molecule has 1 aliphatic carbocycles. The van der Waals surface area contributed by atoms with Crippen molar-refractivity contribution in [2.24, 2.45) is 0 Å². The first-order valence-corrected chi connectivity index (χ1v) is 8.83. The number of hydrogen-bond donors (Lipinski definition) is 0. The van der Waals surface area contributed by atoms with E-state index in [0.29, 0.717) is 0 Å². The molecule has 1 atom stereocenters. The van der Waals surface area contributed by atoms with Crippen molar-refractivity contribution in [3.8, 4) is 0 Å². The molecule has 1 unspecified atom stereocenters. The average molecular weight is 312 g/mol. The van der Waals surface area contributed by atoms with Gasteiger partial charge in [0, 0.05) is 18.8 Å². The molecule has 2 aromatic rings. The highest BCUT2D eigenvalue weighted by molar-refractivity contribution is 6.21. The molecule has 2 aromatic carbocycles. The van der Waals surface area contributed by atoms with Gasteiger partial charge in [-0.25, -0.2) is 0 Å². The summed E-state index contributed by atoms with van der Waals surface area (Å²) in [5, 5.41) is 0.0667. The largest absolute Gasteiger partial charge is 0.369 e. The Balaban J connectivity index is 1.54. The van der Waals surface area contributed by atoms with Crippen LogP contribution in [-0.4, -0.2) is 13.1 Å². The minimum Gasteiger partial charge on any atom is -0.369 e. The second kappa shape index (κ2) is 5.96. The van der Waals surface area contributed by atoms with Crippen LogP contribution in [-0.2, 0) is 19.3 Å². The fraction of sp³-hybridized carbons (Fsp3) is 0.400. The number of alkyl halides is 1. The number of nitrogens with zero attached hydrogens (tertiary/aromatic N) is 1. The van der Waals surface area contributed by atoms with Crippen LogP contribution in [0.1, 0.15) is 40.5 Å². The Morgan fingerprint density at radius 1 is 0.909 bits per heavy atom. The summed E-state index contributed by atoms with van der Waals surface area (Å²) in [5.74, 6) is 0. The maximum atomic E-state index is 6.77. The van der Waals surface area contributed by atoms with E-state index in [9.17, 15) is 0 Å². The molecule has 0 aromatic heterocycles. The lowest BCUT2D eigenvalue weighted by Crippen LogP contribution is -2.32. The normalized spacial score (nSPS) is 18.0. The Kier molecular flexibility index (Phi) is 3.83. The van der Waals surface area contributed by atoms with Gasteiger partial charge in [-0.3, -0.25) is 0 Å². The minimum atomic E-state index is 0.0667. The molecule has 2 aliphatic rings. The standard InChI is InChI=1S/C20H22ClN/c21-19(18-11-10-15-6-3-7-17(15)13-18)14-22-12-4-8-16-5-1-2-9-20(16)22/h1-2,5,9-11,13,19H,3-4,6-8,12,14H2. The highest BCUT2D eigenvalue weighted by Gasteiger charge is 2.21. The summed E-state index contributed by atoms with van der Waals surface area (Å²) in [6, 6.07) is 15.6. The van der Waals surface area contributed by atoms with Crippen molar-refractivity contribution in [2.75, 3.05) is 18.0 Å². The van der Waals surface area contributed by atoms with Gasteiger partial charge in [0.05, 0.1) is 5.38 Å². The first kappa shape index (κ1) is 14.1. The summed E-state index contributed by atoms with van der Waals surface area (Å²) in [5.41, 5.74) is 7.16. The van der Waals surface area contributed by atoms with Crippen LogP contribution in [0.2, 0.25) is 0 Å². The maximum absolute atomic E-state index is 6.77. The molecule has 1 nitrogen and oxygen atoms in total. The van der Waals surface area contributed by atoms with Gasteiger partial charge in [-0.1, -0.05) is 36.4 Å². The zero-order valence-corrected chi connectivity index (χ0v) is 13.6. The Morgan fingerprint density at radius 2 is 1.73 bits per heavy atom. The summed E-state index contributed by atoms with van der Waals surface area (Å²) in [6.07, 6.45) is 6.18. The number of para-hydroxylation sites is 1. The summed E-state index contributed by atoms with van der Waals surface area (Å²) >= 11 is 6.77. The fourth-order valence-electron chi connectivity index (χ4n) is 3.89. The predicted molar refractivity (Wildman–Crippen MR) is 94.0 cm³/mol. The van der Waals surface area contributed by atoms with Crippen molar-refractivity contribution >= 4 is 17.3 Å². The summed E-state index contributed by atoms with van der Waals surface area (Å²) in [6.45, 7) is 2.02. The van der Waals surface area contributed by atoms with Crippen LogP contribution in [0.5, 0.6) is 0 Å². The first-order valence-electron chi connectivity index (χ1n) is 8.40. The number of hydrogen-bond acceptors (Lipinski definition) is 1. The van der Waals surface area contributed by atoms with Gasteiger partial charge in [-0.2, -0.15) is 0 Å². The van der Waals surface area contributed by atoms with Crippen molar-refractivity contribution < 1.29 is 0 Å². The Hall–Kier alpha value is -1.47. The molecule has 0 spiro atoms. The molecule has 1 heterocycles. The molecule has 1 aliphatic heterocycles. The molecule has 2 heteroatoms. The van der Waals surface area contributed by atoms with Crippen molar-refractivity contribution in [3.05, 3.63) is 64.7 Å². The molecule has 0 N–H and O–H groups in total. The van der Waals surface area contributed by atoms with Crippen molar-refractivity contribution in [1.82, 2.24) is 0 Å². The molecular formula is C20H22ClN. The zero-order chi connectivity index (χ0) is 14.9. The van der Waals surface area contributed by atoms with E-state index in [2.05, 4.69) is 47.4 Å². The molecular weight excluding hydrogens is 290 g/mol. The van der Waals surface area contributed by atoms with Crippen LogP contribution >= 0.6 is 11.6 Å². The van der Waals surface area contributed by atoms with Crippen molar-refractivity contribution in [3.63, 3.8) is 0 Å². The Bertz CT molecular complexity index is 679. The minimum absolute atomic E-state index is 0.0667. The second-order valence-corrected chi connectivity index (χ2v) is 7.05. The summed E-state index contributed by atoms with van der Waals surface area (Å²) < 4.78 is 0. The lowest BCUT2D eigenvalue weighted by Gasteiger charge is -2.33. The number of aryl methyl sites for hydroxylation is 3. The van der Waals surface area contributed by atoms with E-state index >= 15 is 0 Å². The number of benzene rings is 2. The van der Waals surface area contributed by atoms with Gasteiger partial charge in [0.15, 0.2) is 0 Å². The van der Waals surface area contributed by atoms with E-state index in [-0.39, 0.29) is 5.38 Å². The monoisotopic (exact) mass is 311 g/mol. The number of halogens is 1. The average Bonchev–Trinajstić information content (AvgIpc) is 3.02. The van der Waals surface area contributed by atoms with Gasteiger partial charge in [0.2, 0.25) is 0 Å². The number of anilines is 1. The highest BCUT2D eigenvalue weighted by Crippen LogP contribution is 2.32. The quantitative estimate of drug-likeness (QED) is 0.728. The lowest BCUT2D eigenvalue weighted by atomic mass is 10.00. The Labute approximate surface area is 137 Å². The molecule has 114 valence electrons. The molecule has 0 amide bonds. The van der Waals surface area contributed by atoms with Crippen LogP contribution in [0.25, 0.3) is 0 Å². The smallest absolute Gasteiger partial charge is 0.0760 e. The molecule has 0 fully saturated rings. The highest BCUT2D eigenvalue weighted by atomic mass is 35.5. The first-order chi connectivity index (χ1) is 10.8. The molecule has 0 bridgehead atoms. The van der Waals surface area contributed by atoms with Gasteiger partial charge < -0.3 is 4.90 Å². The maximum Gasteiger partial charge on any atom is 0.0760 e. The van der Waals surface area contributed by atoms with E-state index in [4.69, 9.17) is 11.6 Å². The van der Waals surface area contributed by atoms with E-state index in [1.165, 1.54) is 60.0 Å². The van der Waals surface area contributed by atoms with Crippen LogP contribution in [0, 0.1) is 0 Å². The van der Waals surface area contributed by atoms with Crippen molar-refractivity contribution in [1.29, 1.82) is 0 Å². The second-order valence-electron chi connectivity index (χ2n) is 6.53. The molecule has 0 saturated heterocycles. The summed E-state index contributed by atoms with van der Waals surface area (Å²) in [7, 11) is 0. The van der Waals surface area contributed by atoms with Crippen molar-refractivity contribution in [2.45, 2.75) is 37.5 Å². The van der Waals surface area contributed by atoms with Gasteiger partial charge in [0.1, 0.15) is 0 Å². The zero-order valence-electron chi connectivity index (χ0n) is 12.9.